The standard InChI is InChI=1S/C11H9BrO/c1-7-5-9(13)6-8-3-2-4-10(12)11(7)8/h2-6,13H,1H3. The quantitative estimate of drug-likeness (QED) is 0.741. The summed E-state index contributed by atoms with van der Waals surface area (Å²) in [6.45, 7) is 1.99. The van der Waals surface area contributed by atoms with Crippen molar-refractivity contribution in [2.45, 2.75) is 6.92 Å². The molecule has 13 heavy (non-hydrogen) atoms. The van der Waals surface area contributed by atoms with Crippen LogP contribution in [0.2, 0.25) is 0 Å². The van der Waals surface area contributed by atoms with E-state index < -0.39 is 0 Å². The molecule has 0 aliphatic carbocycles. The topological polar surface area (TPSA) is 20.2 Å². The Balaban J connectivity index is 2.94. The monoisotopic (exact) mass is 236 g/mol. The van der Waals surface area contributed by atoms with Crippen LogP contribution in [0.25, 0.3) is 10.8 Å². The van der Waals surface area contributed by atoms with E-state index in [-0.39, 0.29) is 0 Å². The lowest BCUT2D eigenvalue weighted by Gasteiger charge is -2.04. The highest BCUT2D eigenvalue weighted by molar-refractivity contribution is 9.10. The Kier molecular flexibility index (Phi) is 2.00. The molecule has 0 spiro atoms. The minimum Gasteiger partial charge on any atom is -0.508 e. The van der Waals surface area contributed by atoms with Gasteiger partial charge in [-0.05, 0) is 41.5 Å². The van der Waals surface area contributed by atoms with E-state index in [0.717, 1.165) is 15.4 Å². The van der Waals surface area contributed by atoms with Gasteiger partial charge in [0.25, 0.3) is 0 Å². The summed E-state index contributed by atoms with van der Waals surface area (Å²) in [5, 5.41) is 11.6. The molecular formula is C11H9BrO. The molecule has 0 aliphatic rings. The van der Waals surface area contributed by atoms with E-state index in [9.17, 15) is 5.11 Å². The van der Waals surface area contributed by atoms with Gasteiger partial charge in [0.1, 0.15) is 5.75 Å². The molecule has 0 saturated heterocycles. The van der Waals surface area contributed by atoms with Gasteiger partial charge in [0, 0.05) is 4.47 Å². The lowest BCUT2D eigenvalue weighted by Crippen LogP contribution is -1.79. The van der Waals surface area contributed by atoms with Crippen LogP contribution in [0.5, 0.6) is 5.75 Å². The first-order valence-corrected chi connectivity index (χ1v) is 4.85. The van der Waals surface area contributed by atoms with Gasteiger partial charge in [-0.1, -0.05) is 28.1 Å². The highest BCUT2D eigenvalue weighted by atomic mass is 79.9. The summed E-state index contributed by atoms with van der Waals surface area (Å²) in [4.78, 5) is 0. The van der Waals surface area contributed by atoms with E-state index in [2.05, 4.69) is 15.9 Å². The summed E-state index contributed by atoms with van der Waals surface area (Å²) in [5.41, 5.74) is 1.09. The summed E-state index contributed by atoms with van der Waals surface area (Å²) < 4.78 is 1.07. The minimum absolute atomic E-state index is 0.322. The Morgan fingerprint density at radius 1 is 1.23 bits per heavy atom. The molecule has 66 valence electrons. The molecule has 0 saturated carbocycles. The van der Waals surface area contributed by atoms with Crippen molar-refractivity contribution in [2.24, 2.45) is 0 Å². The van der Waals surface area contributed by atoms with Crippen molar-refractivity contribution < 1.29 is 5.11 Å². The van der Waals surface area contributed by atoms with Gasteiger partial charge < -0.3 is 5.11 Å². The SMILES string of the molecule is Cc1cc(O)cc2cccc(Br)c12. The summed E-state index contributed by atoms with van der Waals surface area (Å²) in [6.07, 6.45) is 0. The molecule has 0 atom stereocenters. The second kappa shape index (κ2) is 3.04. The van der Waals surface area contributed by atoms with Crippen molar-refractivity contribution in [3.05, 3.63) is 40.4 Å². The van der Waals surface area contributed by atoms with Gasteiger partial charge in [0.15, 0.2) is 0 Å². The highest BCUT2D eigenvalue weighted by Crippen LogP contribution is 2.29. The molecule has 0 unspecified atom stereocenters. The average Bonchev–Trinajstić information content (AvgIpc) is 2.02. The fraction of sp³-hybridized carbons (Fsp3) is 0.0909. The predicted molar refractivity (Wildman–Crippen MR) is 58.0 cm³/mol. The molecule has 0 fully saturated rings. The number of hydrogen-bond donors (Lipinski definition) is 1. The zero-order valence-electron chi connectivity index (χ0n) is 7.21. The maximum Gasteiger partial charge on any atom is 0.116 e. The Bertz CT molecular complexity index is 463. The largest absolute Gasteiger partial charge is 0.508 e. The number of phenols is 1. The number of aromatic hydroxyl groups is 1. The van der Waals surface area contributed by atoms with Crippen LogP contribution in [0, 0.1) is 6.92 Å². The van der Waals surface area contributed by atoms with Crippen LogP contribution in [0.3, 0.4) is 0 Å². The van der Waals surface area contributed by atoms with Crippen molar-refractivity contribution in [3.8, 4) is 5.75 Å². The third-order valence-corrected chi connectivity index (χ3v) is 2.77. The average molecular weight is 237 g/mol. The van der Waals surface area contributed by atoms with Crippen LogP contribution >= 0.6 is 15.9 Å². The van der Waals surface area contributed by atoms with Crippen molar-refractivity contribution >= 4 is 26.7 Å². The van der Waals surface area contributed by atoms with E-state index in [1.807, 2.05) is 25.1 Å². The van der Waals surface area contributed by atoms with Crippen LogP contribution in [0.4, 0.5) is 0 Å². The van der Waals surface area contributed by atoms with Crippen LogP contribution in [0.1, 0.15) is 5.56 Å². The van der Waals surface area contributed by atoms with Crippen molar-refractivity contribution in [1.82, 2.24) is 0 Å². The van der Waals surface area contributed by atoms with Gasteiger partial charge in [0.05, 0.1) is 0 Å². The minimum atomic E-state index is 0.322. The first-order valence-electron chi connectivity index (χ1n) is 4.06. The second-order valence-electron chi connectivity index (χ2n) is 3.10. The smallest absolute Gasteiger partial charge is 0.116 e. The molecular weight excluding hydrogens is 228 g/mol. The number of phenolic OH excluding ortho intramolecular Hbond substituents is 1. The van der Waals surface area contributed by atoms with Crippen LogP contribution in [-0.4, -0.2) is 5.11 Å². The number of rotatable bonds is 0. The van der Waals surface area contributed by atoms with Crippen LogP contribution in [0.15, 0.2) is 34.8 Å². The van der Waals surface area contributed by atoms with Gasteiger partial charge in [-0.15, -0.1) is 0 Å². The normalized spacial score (nSPS) is 10.6. The Labute approximate surface area is 85.1 Å². The molecule has 2 aromatic carbocycles. The molecule has 2 aromatic rings. The fourth-order valence-corrected chi connectivity index (χ4v) is 2.27. The number of fused-ring (bicyclic) bond motifs is 1. The van der Waals surface area contributed by atoms with Crippen molar-refractivity contribution in [1.29, 1.82) is 0 Å². The molecule has 0 aliphatic heterocycles. The molecule has 1 nitrogen and oxygen atoms in total. The summed E-state index contributed by atoms with van der Waals surface area (Å²) in [7, 11) is 0. The third kappa shape index (κ3) is 1.42. The third-order valence-electron chi connectivity index (χ3n) is 2.11. The summed E-state index contributed by atoms with van der Waals surface area (Å²) in [5.74, 6) is 0.322. The lowest BCUT2D eigenvalue weighted by molar-refractivity contribution is 0.476. The van der Waals surface area contributed by atoms with E-state index in [0.29, 0.717) is 5.75 Å². The highest BCUT2D eigenvalue weighted by Gasteiger charge is 2.02. The van der Waals surface area contributed by atoms with E-state index in [4.69, 9.17) is 0 Å². The summed E-state index contributed by atoms with van der Waals surface area (Å²) >= 11 is 3.49. The number of halogens is 1. The Morgan fingerprint density at radius 3 is 2.77 bits per heavy atom. The first-order chi connectivity index (χ1) is 6.18. The van der Waals surface area contributed by atoms with Gasteiger partial charge >= 0.3 is 0 Å². The van der Waals surface area contributed by atoms with Crippen LogP contribution in [-0.2, 0) is 0 Å². The van der Waals surface area contributed by atoms with Crippen LogP contribution < -0.4 is 0 Å². The van der Waals surface area contributed by atoms with Gasteiger partial charge in [-0.3, -0.25) is 0 Å². The van der Waals surface area contributed by atoms with Gasteiger partial charge in [-0.2, -0.15) is 0 Å². The maximum atomic E-state index is 9.39. The Hall–Kier alpha value is -1.02. The number of hydrogen-bond acceptors (Lipinski definition) is 1. The van der Waals surface area contributed by atoms with E-state index >= 15 is 0 Å². The zero-order valence-corrected chi connectivity index (χ0v) is 8.80. The Morgan fingerprint density at radius 2 is 2.00 bits per heavy atom. The fourth-order valence-electron chi connectivity index (χ4n) is 1.57. The molecule has 0 aromatic heterocycles. The molecule has 2 heteroatoms. The summed E-state index contributed by atoms with van der Waals surface area (Å²) in [6, 6.07) is 9.50. The number of benzene rings is 2. The predicted octanol–water partition coefficient (Wildman–Crippen LogP) is 3.62. The zero-order chi connectivity index (χ0) is 9.42. The second-order valence-corrected chi connectivity index (χ2v) is 3.95. The van der Waals surface area contributed by atoms with Gasteiger partial charge in [-0.25, -0.2) is 0 Å². The molecule has 0 radical (unpaired) electrons. The number of aryl methyl sites for hydroxylation is 1. The van der Waals surface area contributed by atoms with Gasteiger partial charge in [0.2, 0.25) is 0 Å². The molecule has 0 heterocycles. The lowest BCUT2D eigenvalue weighted by atomic mass is 10.1. The molecule has 0 bridgehead atoms. The van der Waals surface area contributed by atoms with Crippen molar-refractivity contribution in [3.63, 3.8) is 0 Å². The molecule has 1 N–H and O–H groups in total. The van der Waals surface area contributed by atoms with Crippen molar-refractivity contribution in [2.75, 3.05) is 0 Å². The molecule has 2 rings (SSSR count). The van der Waals surface area contributed by atoms with E-state index in [1.54, 1.807) is 12.1 Å². The first kappa shape index (κ1) is 8.57. The molecule has 0 amide bonds. The van der Waals surface area contributed by atoms with E-state index in [1.165, 1.54) is 5.39 Å². The maximum absolute atomic E-state index is 9.39.